The van der Waals surface area contributed by atoms with E-state index in [1.807, 2.05) is 18.7 Å². The third-order valence-corrected chi connectivity index (χ3v) is 3.11. The van der Waals surface area contributed by atoms with Crippen molar-refractivity contribution in [2.75, 3.05) is 32.7 Å². The van der Waals surface area contributed by atoms with E-state index < -0.39 is 0 Å². The molecule has 4 nitrogen and oxygen atoms in total. The number of carbonyl (C=O) groups is 1. The minimum atomic E-state index is 0. The molecule has 2 atom stereocenters. The summed E-state index contributed by atoms with van der Waals surface area (Å²) < 4.78 is 0. The molecule has 1 rings (SSSR count). The molecule has 1 N–H and O–H groups in total. The van der Waals surface area contributed by atoms with Crippen LogP contribution in [0.2, 0.25) is 0 Å². The van der Waals surface area contributed by atoms with Gasteiger partial charge in [-0.05, 0) is 27.7 Å². The Morgan fingerprint density at radius 2 is 1.71 bits per heavy atom. The Labute approximate surface area is 111 Å². The molecule has 1 fully saturated rings. The summed E-state index contributed by atoms with van der Waals surface area (Å²) >= 11 is 0. The van der Waals surface area contributed by atoms with Gasteiger partial charge in [0, 0.05) is 38.3 Å². The summed E-state index contributed by atoms with van der Waals surface area (Å²) in [5.41, 5.74) is 0. The lowest BCUT2D eigenvalue weighted by Crippen LogP contribution is -2.56. The topological polar surface area (TPSA) is 35.6 Å². The van der Waals surface area contributed by atoms with Crippen LogP contribution in [0.1, 0.15) is 27.7 Å². The number of likely N-dealkylation sites (N-methyl/N-ethyl adjacent to an activating group) is 1. The van der Waals surface area contributed by atoms with Crippen molar-refractivity contribution in [2.24, 2.45) is 0 Å². The number of hydrogen-bond acceptors (Lipinski definition) is 3. The number of rotatable bonds is 4. The van der Waals surface area contributed by atoms with Crippen LogP contribution >= 0.6 is 12.4 Å². The first-order valence-corrected chi connectivity index (χ1v) is 6.33. The average molecular weight is 264 g/mol. The van der Waals surface area contributed by atoms with Crippen molar-refractivity contribution >= 4 is 18.3 Å². The predicted octanol–water partition coefficient (Wildman–Crippen LogP) is 0.959. The molecule has 5 heteroatoms. The van der Waals surface area contributed by atoms with Gasteiger partial charge in [0.1, 0.15) is 0 Å². The molecule has 1 aliphatic rings. The SMILES string of the molecule is CCN(CC)C(=O)CN1CC(C)NC(C)C1.Cl. The van der Waals surface area contributed by atoms with Gasteiger partial charge in [-0.3, -0.25) is 9.69 Å². The van der Waals surface area contributed by atoms with E-state index in [0.717, 1.165) is 26.2 Å². The molecule has 0 aromatic rings. The second kappa shape index (κ2) is 7.90. The minimum Gasteiger partial charge on any atom is -0.342 e. The van der Waals surface area contributed by atoms with Crippen LogP contribution in [0.5, 0.6) is 0 Å². The van der Waals surface area contributed by atoms with E-state index in [2.05, 4.69) is 24.1 Å². The lowest BCUT2D eigenvalue weighted by molar-refractivity contribution is -0.132. The number of piperazine rings is 1. The standard InChI is InChI=1S/C12H25N3O.ClH/c1-5-15(6-2)12(16)9-14-7-10(3)13-11(4)8-14;/h10-11,13H,5-9H2,1-4H3;1H. The lowest BCUT2D eigenvalue weighted by Gasteiger charge is -2.36. The van der Waals surface area contributed by atoms with Gasteiger partial charge in [0.25, 0.3) is 0 Å². The van der Waals surface area contributed by atoms with Gasteiger partial charge in [-0.25, -0.2) is 0 Å². The van der Waals surface area contributed by atoms with Crippen LogP contribution in [-0.4, -0.2) is 60.5 Å². The van der Waals surface area contributed by atoms with E-state index in [1.54, 1.807) is 0 Å². The van der Waals surface area contributed by atoms with Crippen LogP contribution in [-0.2, 0) is 4.79 Å². The molecule has 0 aliphatic carbocycles. The summed E-state index contributed by atoms with van der Waals surface area (Å²) in [6.45, 7) is 12.5. The zero-order valence-electron chi connectivity index (χ0n) is 11.4. The molecule has 2 unspecified atom stereocenters. The van der Waals surface area contributed by atoms with Crippen molar-refractivity contribution in [1.82, 2.24) is 15.1 Å². The molecule has 17 heavy (non-hydrogen) atoms. The third-order valence-electron chi connectivity index (χ3n) is 3.11. The molecular weight excluding hydrogens is 238 g/mol. The Morgan fingerprint density at radius 1 is 1.24 bits per heavy atom. The fraction of sp³-hybridized carbons (Fsp3) is 0.917. The smallest absolute Gasteiger partial charge is 0.236 e. The van der Waals surface area contributed by atoms with Crippen molar-refractivity contribution in [1.29, 1.82) is 0 Å². The van der Waals surface area contributed by atoms with Crippen LogP contribution in [0, 0.1) is 0 Å². The van der Waals surface area contributed by atoms with E-state index in [1.165, 1.54) is 0 Å². The highest BCUT2D eigenvalue weighted by molar-refractivity contribution is 5.85. The van der Waals surface area contributed by atoms with Crippen LogP contribution in [0.15, 0.2) is 0 Å². The number of carbonyl (C=O) groups excluding carboxylic acids is 1. The van der Waals surface area contributed by atoms with Crippen molar-refractivity contribution in [3.05, 3.63) is 0 Å². The molecular formula is C12H26ClN3O. The summed E-state index contributed by atoms with van der Waals surface area (Å²) in [4.78, 5) is 16.1. The predicted molar refractivity (Wildman–Crippen MR) is 73.7 cm³/mol. The zero-order chi connectivity index (χ0) is 12.1. The van der Waals surface area contributed by atoms with Crippen molar-refractivity contribution in [2.45, 2.75) is 39.8 Å². The van der Waals surface area contributed by atoms with Crippen LogP contribution < -0.4 is 5.32 Å². The quantitative estimate of drug-likeness (QED) is 0.821. The zero-order valence-corrected chi connectivity index (χ0v) is 12.2. The number of nitrogens with zero attached hydrogens (tertiary/aromatic N) is 2. The second-order valence-electron chi connectivity index (χ2n) is 4.73. The molecule has 1 heterocycles. The molecule has 1 aliphatic heterocycles. The van der Waals surface area contributed by atoms with E-state index in [-0.39, 0.29) is 18.3 Å². The van der Waals surface area contributed by atoms with Gasteiger partial charge in [-0.2, -0.15) is 0 Å². The molecule has 1 saturated heterocycles. The largest absolute Gasteiger partial charge is 0.342 e. The van der Waals surface area contributed by atoms with E-state index in [0.29, 0.717) is 18.6 Å². The van der Waals surface area contributed by atoms with Crippen LogP contribution in [0.25, 0.3) is 0 Å². The van der Waals surface area contributed by atoms with Gasteiger partial charge in [-0.15, -0.1) is 12.4 Å². The van der Waals surface area contributed by atoms with E-state index in [4.69, 9.17) is 0 Å². The highest BCUT2D eigenvalue weighted by atomic mass is 35.5. The number of hydrogen-bond donors (Lipinski definition) is 1. The van der Waals surface area contributed by atoms with Crippen LogP contribution in [0.3, 0.4) is 0 Å². The first-order chi connectivity index (χ1) is 7.56. The summed E-state index contributed by atoms with van der Waals surface area (Å²) in [5.74, 6) is 0.256. The molecule has 0 radical (unpaired) electrons. The maximum atomic E-state index is 12.0. The summed E-state index contributed by atoms with van der Waals surface area (Å²) in [5, 5.41) is 3.47. The molecule has 0 aromatic carbocycles. The van der Waals surface area contributed by atoms with Crippen LogP contribution in [0.4, 0.5) is 0 Å². The van der Waals surface area contributed by atoms with Gasteiger partial charge in [0.2, 0.25) is 5.91 Å². The van der Waals surface area contributed by atoms with Gasteiger partial charge in [-0.1, -0.05) is 0 Å². The fourth-order valence-electron chi connectivity index (χ4n) is 2.44. The normalized spacial score (nSPS) is 25.2. The van der Waals surface area contributed by atoms with Gasteiger partial charge < -0.3 is 10.2 Å². The van der Waals surface area contributed by atoms with Gasteiger partial charge >= 0.3 is 0 Å². The average Bonchev–Trinajstić information content (AvgIpc) is 2.17. The molecule has 0 spiro atoms. The maximum Gasteiger partial charge on any atom is 0.236 e. The molecule has 0 bridgehead atoms. The molecule has 0 aromatic heterocycles. The molecule has 1 amide bonds. The van der Waals surface area contributed by atoms with Gasteiger partial charge in [0.05, 0.1) is 6.54 Å². The Kier molecular flexibility index (Phi) is 7.75. The monoisotopic (exact) mass is 263 g/mol. The molecule has 0 saturated carbocycles. The number of nitrogens with one attached hydrogen (secondary N) is 1. The first-order valence-electron chi connectivity index (χ1n) is 6.33. The minimum absolute atomic E-state index is 0. The number of halogens is 1. The fourth-order valence-corrected chi connectivity index (χ4v) is 2.44. The lowest BCUT2D eigenvalue weighted by atomic mass is 10.1. The highest BCUT2D eigenvalue weighted by Crippen LogP contribution is 2.04. The Balaban J connectivity index is 0.00000256. The third kappa shape index (κ3) is 5.23. The van der Waals surface area contributed by atoms with Gasteiger partial charge in [0.15, 0.2) is 0 Å². The summed E-state index contributed by atoms with van der Waals surface area (Å²) in [7, 11) is 0. The van der Waals surface area contributed by atoms with Crippen molar-refractivity contribution in [3.63, 3.8) is 0 Å². The summed E-state index contributed by atoms with van der Waals surface area (Å²) in [6, 6.07) is 0.960. The van der Waals surface area contributed by atoms with E-state index >= 15 is 0 Å². The second-order valence-corrected chi connectivity index (χ2v) is 4.73. The Morgan fingerprint density at radius 3 is 2.12 bits per heavy atom. The number of amides is 1. The van der Waals surface area contributed by atoms with Crippen molar-refractivity contribution < 1.29 is 4.79 Å². The first kappa shape index (κ1) is 16.7. The van der Waals surface area contributed by atoms with Crippen molar-refractivity contribution in [3.8, 4) is 0 Å². The highest BCUT2D eigenvalue weighted by Gasteiger charge is 2.23. The Bertz CT molecular complexity index is 224. The maximum absolute atomic E-state index is 12.0. The van der Waals surface area contributed by atoms with E-state index in [9.17, 15) is 4.79 Å². The summed E-state index contributed by atoms with van der Waals surface area (Å²) in [6.07, 6.45) is 0. The Hall–Kier alpha value is -0.320. The molecule has 102 valence electrons.